The number of hydrogen-bond donors (Lipinski definition) is 1. The van der Waals surface area contributed by atoms with Crippen molar-refractivity contribution in [2.24, 2.45) is 0 Å². The smallest absolute Gasteiger partial charge is 0.254 e. The molecule has 6 heteroatoms. The highest BCUT2D eigenvalue weighted by Crippen LogP contribution is 2.21. The fraction of sp³-hybridized carbons (Fsp3) is 0.462. The standard InChI is InChI=1S/C13H15F2NO3/c1-13(2)18-7-8(19-13)6-16-12(17)9-4-3-5-10(14)11(9)15/h3-5,8H,6-7H2,1-2H3,(H,16,17). The van der Waals surface area contributed by atoms with E-state index in [1.807, 2.05) is 0 Å². The molecule has 1 aromatic rings. The predicted octanol–water partition coefficient (Wildman–Crippen LogP) is 1.85. The van der Waals surface area contributed by atoms with E-state index in [0.717, 1.165) is 6.07 Å². The summed E-state index contributed by atoms with van der Waals surface area (Å²) >= 11 is 0. The molecule has 104 valence electrons. The Morgan fingerprint density at radius 3 is 2.84 bits per heavy atom. The maximum absolute atomic E-state index is 13.4. The van der Waals surface area contributed by atoms with Crippen LogP contribution in [0, 0.1) is 11.6 Å². The van der Waals surface area contributed by atoms with Crippen molar-refractivity contribution in [3.05, 3.63) is 35.4 Å². The Morgan fingerprint density at radius 2 is 2.21 bits per heavy atom. The Bertz CT molecular complexity index is 491. The van der Waals surface area contributed by atoms with Gasteiger partial charge in [0, 0.05) is 6.54 Å². The molecule has 0 spiro atoms. The van der Waals surface area contributed by atoms with E-state index < -0.39 is 23.3 Å². The number of benzene rings is 1. The van der Waals surface area contributed by atoms with E-state index in [0.29, 0.717) is 6.61 Å². The van der Waals surface area contributed by atoms with Gasteiger partial charge in [-0.3, -0.25) is 4.79 Å². The fourth-order valence-electron chi connectivity index (χ4n) is 1.84. The van der Waals surface area contributed by atoms with Gasteiger partial charge in [-0.15, -0.1) is 0 Å². The molecule has 1 N–H and O–H groups in total. The number of carbonyl (C=O) groups is 1. The summed E-state index contributed by atoms with van der Waals surface area (Å²) in [6, 6.07) is 3.47. The minimum atomic E-state index is -1.15. The van der Waals surface area contributed by atoms with E-state index in [4.69, 9.17) is 9.47 Å². The maximum atomic E-state index is 13.4. The van der Waals surface area contributed by atoms with Crippen LogP contribution in [0.25, 0.3) is 0 Å². The second kappa shape index (κ2) is 5.22. The molecule has 1 saturated heterocycles. The molecule has 0 aliphatic carbocycles. The lowest BCUT2D eigenvalue weighted by atomic mass is 10.2. The van der Waals surface area contributed by atoms with Crippen LogP contribution < -0.4 is 5.32 Å². The molecule has 1 amide bonds. The molecule has 1 fully saturated rings. The SMILES string of the molecule is CC1(C)OCC(CNC(=O)c2cccc(F)c2F)O1. The summed E-state index contributed by atoms with van der Waals surface area (Å²) in [4.78, 5) is 11.7. The van der Waals surface area contributed by atoms with Crippen molar-refractivity contribution >= 4 is 5.91 Å². The molecule has 4 nitrogen and oxygen atoms in total. The Hall–Kier alpha value is -1.53. The second-order valence-corrected chi connectivity index (χ2v) is 4.76. The summed E-state index contributed by atoms with van der Waals surface area (Å²) in [6.07, 6.45) is -0.296. The minimum Gasteiger partial charge on any atom is -0.349 e. The summed E-state index contributed by atoms with van der Waals surface area (Å²) in [6.45, 7) is 4.05. The molecule has 2 rings (SSSR count). The zero-order valence-corrected chi connectivity index (χ0v) is 10.7. The number of halogens is 2. The third-order valence-electron chi connectivity index (χ3n) is 2.75. The molecule has 19 heavy (non-hydrogen) atoms. The van der Waals surface area contributed by atoms with E-state index >= 15 is 0 Å². The average molecular weight is 271 g/mol. The van der Waals surface area contributed by atoms with Gasteiger partial charge in [-0.25, -0.2) is 8.78 Å². The largest absolute Gasteiger partial charge is 0.349 e. The van der Waals surface area contributed by atoms with E-state index in [2.05, 4.69) is 5.32 Å². The molecule has 0 bridgehead atoms. The Kier molecular flexibility index (Phi) is 3.82. The molecule has 1 unspecified atom stereocenters. The lowest BCUT2D eigenvalue weighted by molar-refractivity contribution is -0.137. The van der Waals surface area contributed by atoms with Crippen LogP contribution in [-0.2, 0) is 9.47 Å². The number of nitrogens with one attached hydrogen (secondary N) is 1. The molecule has 1 heterocycles. The van der Waals surface area contributed by atoms with E-state index in [1.165, 1.54) is 12.1 Å². The van der Waals surface area contributed by atoms with Gasteiger partial charge >= 0.3 is 0 Å². The van der Waals surface area contributed by atoms with Gasteiger partial charge in [0.1, 0.15) is 6.10 Å². The highest BCUT2D eigenvalue weighted by molar-refractivity contribution is 5.94. The van der Waals surface area contributed by atoms with Gasteiger partial charge in [0.15, 0.2) is 17.4 Å². The van der Waals surface area contributed by atoms with E-state index in [1.54, 1.807) is 13.8 Å². The zero-order chi connectivity index (χ0) is 14.0. The second-order valence-electron chi connectivity index (χ2n) is 4.76. The van der Waals surface area contributed by atoms with Crippen LogP contribution >= 0.6 is 0 Å². The van der Waals surface area contributed by atoms with E-state index in [-0.39, 0.29) is 18.2 Å². The van der Waals surface area contributed by atoms with Crippen molar-refractivity contribution in [1.29, 1.82) is 0 Å². The Morgan fingerprint density at radius 1 is 1.47 bits per heavy atom. The van der Waals surface area contributed by atoms with Crippen LogP contribution in [0.4, 0.5) is 8.78 Å². The topological polar surface area (TPSA) is 47.6 Å². The number of ether oxygens (including phenoxy) is 2. The van der Waals surface area contributed by atoms with Crippen molar-refractivity contribution in [3.63, 3.8) is 0 Å². The normalized spacial score (nSPS) is 21.4. The first kappa shape index (κ1) is 13.9. The average Bonchev–Trinajstić information content (AvgIpc) is 2.69. The summed E-state index contributed by atoms with van der Waals surface area (Å²) in [5.41, 5.74) is -0.321. The fourth-order valence-corrected chi connectivity index (χ4v) is 1.84. The maximum Gasteiger partial charge on any atom is 0.254 e. The summed E-state index contributed by atoms with van der Waals surface area (Å²) in [7, 11) is 0. The van der Waals surface area contributed by atoms with Gasteiger partial charge in [0.25, 0.3) is 5.91 Å². The van der Waals surface area contributed by atoms with Crippen molar-refractivity contribution in [2.45, 2.75) is 25.7 Å². The molecule has 1 aliphatic heterocycles. The summed E-state index contributed by atoms with van der Waals surface area (Å²) in [5.74, 6) is -3.55. The quantitative estimate of drug-likeness (QED) is 0.912. The first-order chi connectivity index (χ1) is 8.89. The van der Waals surface area contributed by atoms with E-state index in [9.17, 15) is 13.6 Å². The van der Waals surface area contributed by atoms with Gasteiger partial charge in [-0.05, 0) is 26.0 Å². The van der Waals surface area contributed by atoms with Crippen LogP contribution in [0.15, 0.2) is 18.2 Å². The van der Waals surface area contributed by atoms with Gasteiger partial charge in [0.2, 0.25) is 0 Å². The highest BCUT2D eigenvalue weighted by Gasteiger charge is 2.32. The van der Waals surface area contributed by atoms with Gasteiger partial charge in [-0.2, -0.15) is 0 Å². The minimum absolute atomic E-state index is 0.179. The molecular formula is C13H15F2NO3. The molecule has 1 aliphatic rings. The van der Waals surface area contributed by atoms with Crippen LogP contribution in [0.5, 0.6) is 0 Å². The third kappa shape index (κ3) is 3.27. The lowest BCUT2D eigenvalue weighted by Gasteiger charge is -2.17. The highest BCUT2D eigenvalue weighted by atomic mass is 19.2. The van der Waals surface area contributed by atoms with Gasteiger partial charge in [0.05, 0.1) is 12.2 Å². The molecule has 0 saturated carbocycles. The molecular weight excluding hydrogens is 256 g/mol. The van der Waals surface area contributed by atoms with Crippen molar-refractivity contribution in [3.8, 4) is 0 Å². The predicted molar refractivity (Wildman–Crippen MR) is 63.6 cm³/mol. The summed E-state index contributed by atoms with van der Waals surface area (Å²) in [5, 5.41) is 2.50. The van der Waals surface area contributed by atoms with Gasteiger partial charge in [-0.1, -0.05) is 6.07 Å². The first-order valence-electron chi connectivity index (χ1n) is 5.93. The Balaban J connectivity index is 1.93. The molecule has 0 radical (unpaired) electrons. The number of rotatable bonds is 3. The number of hydrogen-bond acceptors (Lipinski definition) is 3. The van der Waals surface area contributed by atoms with Crippen LogP contribution in [0.2, 0.25) is 0 Å². The third-order valence-corrected chi connectivity index (χ3v) is 2.75. The van der Waals surface area contributed by atoms with Crippen molar-refractivity contribution < 1.29 is 23.0 Å². The van der Waals surface area contributed by atoms with Crippen LogP contribution in [-0.4, -0.2) is 30.9 Å². The van der Waals surface area contributed by atoms with Gasteiger partial charge < -0.3 is 14.8 Å². The van der Waals surface area contributed by atoms with Crippen molar-refractivity contribution in [1.82, 2.24) is 5.32 Å². The van der Waals surface area contributed by atoms with Crippen LogP contribution in [0.1, 0.15) is 24.2 Å². The number of amides is 1. The monoisotopic (exact) mass is 271 g/mol. The van der Waals surface area contributed by atoms with Crippen molar-refractivity contribution in [2.75, 3.05) is 13.2 Å². The molecule has 1 aromatic carbocycles. The Labute approximate surface area is 109 Å². The zero-order valence-electron chi connectivity index (χ0n) is 10.7. The summed E-state index contributed by atoms with van der Waals surface area (Å²) < 4.78 is 37.2. The first-order valence-corrected chi connectivity index (χ1v) is 5.93. The lowest BCUT2D eigenvalue weighted by Crippen LogP contribution is -2.34. The van der Waals surface area contributed by atoms with Crippen LogP contribution in [0.3, 0.4) is 0 Å². The molecule has 0 aromatic heterocycles. The number of carbonyl (C=O) groups excluding carboxylic acids is 1. The molecule has 1 atom stereocenters.